The van der Waals surface area contributed by atoms with Crippen molar-refractivity contribution in [2.45, 2.75) is 6.54 Å². The SMILES string of the molecule is O=C(O)C1CN(Cc2cccc(Cl)c2)N(c2cc(Cl)ccc2Cl)C1. The van der Waals surface area contributed by atoms with Crippen molar-refractivity contribution in [3.8, 4) is 0 Å². The summed E-state index contributed by atoms with van der Waals surface area (Å²) in [4.78, 5) is 11.4. The molecular formula is C17H15Cl3N2O2. The van der Waals surface area contributed by atoms with Gasteiger partial charge in [-0.3, -0.25) is 4.79 Å². The van der Waals surface area contributed by atoms with E-state index in [1.54, 1.807) is 24.3 Å². The van der Waals surface area contributed by atoms with E-state index in [2.05, 4.69) is 0 Å². The molecule has 1 atom stereocenters. The summed E-state index contributed by atoms with van der Waals surface area (Å²) in [6, 6.07) is 12.7. The summed E-state index contributed by atoms with van der Waals surface area (Å²) >= 11 is 18.4. The molecule has 1 fully saturated rings. The van der Waals surface area contributed by atoms with Gasteiger partial charge in [0.05, 0.1) is 16.6 Å². The maximum atomic E-state index is 11.4. The van der Waals surface area contributed by atoms with Gasteiger partial charge in [-0.05, 0) is 35.9 Å². The van der Waals surface area contributed by atoms with Gasteiger partial charge in [-0.1, -0.05) is 46.9 Å². The number of halogens is 3. The standard InChI is InChI=1S/C17H15Cl3N2O2/c18-13-3-1-2-11(6-13)8-21-9-12(17(23)24)10-22(21)16-7-14(19)4-5-15(16)20/h1-7,12H,8-10H2,(H,23,24). The van der Waals surface area contributed by atoms with Crippen molar-refractivity contribution < 1.29 is 9.90 Å². The average Bonchev–Trinajstić information content (AvgIpc) is 2.94. The summed E-state index contributed by atoms with van der Waals surface area (Å²) < 4.78 is 0. The number of carbonyl (C=O) groups is 1. The number of anilines is 1. The molecule has 0 saturated carbocycles. The fraction of sp³-hybridized carbons (Fsp3) is 0.235. The van der Waals surface area contributed by atoms with E-state index in [9.17, 15) is 9.90 Å². The van der Waals surface area contributed by atoms with Gasteiger partial charge in [0.1, 0.15) is 0 Å². The van der Waals surface area contributed by atoms with Crippen LogP contribution in [0.2, 0.25) is 15.1 Å². The molecule has 1 saturated heterocycles. The van der Waals surface area contributed by atoms with Gasteiger partial charge in [-0.2, -0.15) is 0 Å². The number of aliphatic carboxylic acids is 1. The number of hydrogen-bond donors (Lipinski definition) is 1. The molecular weight excluding hydrogens is 371 g/mol. The van der Waals surface area contributed by atoms with Crippen LogP contribution in [0, 0.1) is 5.92 Å². The third-order valence-corrected chi connectivity index (χ3v) is 4.75. The van der Waals surface area contributed by atoms with Crippen LogP contribution in [0.1, 0.15) is 5.56 Å². The minimum absolute atomic E-state index is 0.343. The van der Waals surface area contributed by atoms with Crippen LogP contribution >= 0.6 is 34.8 Å². The van der Waals surface area contributed by atoms with Crippen molar-refractivity contribution in [1.29, 1.82) is 0 Å². The molecule has 0 spiro atoms. The summed E-state index contributed by atoms with van der Waals surface area (Å²) in [5.41, 5.74) is 1.70. The lowest BCUT2D eigenvalue weighted by Gasteiger charge is -2.30. The van der Waals surface area contributed by atoms with Gasteiger partial charge in [-0.15, -0.1) is 0 Å². The second-order valence-corrected chi connectivity index (χ2v) is 6.97. The van der Waals surface area contributed by atoms with Gasteiger partial charge in [0.2, 0.25) is 0 Å². The van der Waals surface area contributed by atoms with Gasteiger partial charge < -0.3 is 10.1 Å². The van der Waals surface area contributed by atoms with Gasteiger partial charge in [-0.25, -0.2) is 5.01 Å². The van der Waals surface area contributed by atoms with E-state index in [1.165, 1.54) is 0 Å². The smallest absolute Gasteiger partial charge is 0.309 e. The third kappa shape index (κ3) is 3.78. The Balaban J connectivity index is 1.91. The number of rotatable bonds is 4. The lowest BCUT2D eigenvalue weighted by Crippen LogP contribution is -2.36. The minimum atomic E-state index is -0.827. The summed E-state index contributed by atoms with van der Waals surface area (Å²) in [7, 11) is 0. The van der Waals surface area contributed by atoms with Crippen LogP contribution in [-0.2, 0) is 11.3 Å². The van der Waals surface area contributed by atoms with E-state index < -0.39 is 11.9 Å². The highest BCUT2D eigenvalue weighted by molar-refractivity contribution is 6.35. The van der Waals surface area contributed by atoms with Gasteiger partial charge >= 0.3 is 5.97 Å². The highest BCUT2D eigenvalue weighted by Gasteiger charge is 2.35. The molecule has 1 unspecified atom stereocenters. The molecule has 3 rings (SSSR count). The summed E-state index contributed by atoms with van der Waals surface area (Å²) in [5.74, 6) is -1.33. The Kier molecular flexibility index (Phi) is 5.21. The van der Waals surface area contributed by atoms with Gasteiger partial charge in [0.25, 0.3) is 0 Å². The highest BCUT2D eigenvalue weighted by Crippen LogP contribution is 2.34. The second-order valence-electron chi connectivity index (χ2n) is 5.69. The van der Waals surface area contributed by atoms with E-state index >= 15 is 0 Å². The molecule has 24 heavy (non-hydrogen) atoms. The first-order valence-corrected chi connectivity index (χ1v) is 8.52. The zero-order chi connectivity index (χ0) is 17.3. The molecule has 126 valence electrons. The van der Waals surface area contributed by atoms with Gasteiger partial charge in [0.15, 0.2) is 0 Å². The maximum absolute atomic E-state index is 11.4. The molecule has 0 aliphatic carbocycles. The number of hydrogen-bond acceptors (Lipinski definition) is 3. The second kappa shape index (κ2) is 7.19. The van der Waals surface area contributed by atoms with Crippen LogP contribution in [0.4, 0.5) is 5.69 Å². The number of hydrazine groups is 1. The molecule has 2 aromatic rings. The molecule has 1 aliphatic rings. The molecule has 4 nitrogen and oxygen atoms in total. The van der Waals surface area contributed by atoms with Gasteiger partial charge in [0, 0.05) is 29.7 Å². The summed E-state index contributed by atoms with van der Waals surface area (Å²) in [6.07, 6.45) is 0. The zero-order valence-electron chi connectivity index (χ0n) is 12.6. The Morgan fingerprint density at radius 3 is 2.54 bits per heavy atom. The number of nitrogens with zero attached hydrogens (tertiary/aromatic N) is 2. The van der Waals surface area contributed by atoms with E-state index in [0.29, 0.717) is 40.4 Å². The molecule has 0 amide bonds. The average molecular weight is 386 g/mol. The first-order chi connectivity index (χ1) is 11.4. The molecule has 0 radical (unpaired) electrons. The number of benzene rings is 2. The largest absolute Gasteiger partial charge is 0.481 e. The predicted molar refractivity (Wildman–Crippen MR) is 96.8 cm³/mol. The van der Waals surface area contributed by atoms with Crippen LogP contribution in [0.5, 0.6) is 0 Å². The Bertz CT molecular complexity index is 769. The van der Waals surface area contributed by atoms with Crippen molar-refractivity contribution in [3.63, 3.8) is 0 Å². The zero-order valence-corrected chi connectivity index (χ0v) is 14.9. The molecule has 1 N–H and O–H groups in total. The molecule has 0 bridgehead atoms. The van der Waals surface area contributed by atoms with E-state index in [1.807, 2.05) is 28.2 Å². The topological polar surface area (TPSA) is 43.8 Å². The Morgan fingerprint density at radius 1 is 1.08 bits per heavy atom. The highest BCUT2D eigenvalue weighted by atomic mass is 35.5. The van der Waals surface area contributed by atoms with Crippen LogP contribution in [0.3, 0.4) is 0 Å². The first kappa shape index (κ1) is 17.4. The van der Waals surface area contributed by atoms with Crippen molar-refractivity contribution >= 4 is 46.5 Å². The maximum Gasteiger partial charge on any atom is 0.309 e. The summed E-state index contributed by atoms with van der Waals surface area (Å²) in [5, 5.41) is 15.0. The summed E-state index contributed by atoms with van der Waals surface area (Å²) in [6.45, 7) is 1.27. The molecule has 7 heteroatoms. The Hall–Kier alpha value is -1.46. The van der Waals surface area contributed by atoms with Crippen molar-refractivity contribution in [1.82, 2.24) is 5.01 Å². The quantitative estimate of drug-likeness (QED) is 0.836. The van der Waals surface area contributed by atoms with Crippen molar-refractivity contribution in [2.24, 2.45) is 5.92 Å². The molecule has 1 aliphatic heterocycles. The molecule has 2 aromatic carbocycles. The Labute approximate surface area is 155 Å². The number of carboxylic acids is 1. The van der Waals surface area contributed by atoms with Crippen LogP contribution in [0.25, 0.3) is 0 Å². The fourth-order valence-corrected chi connectivity index (χ4v) is 3.42. The van der Waals surface area contributed by atoms with Crippen LogP contribution in [0.15, 0.2) is 42.5 Å². The van der Waals surface area contributed by atoms with Crippen LogP contribution < -0.4 is 5.01 Å². The monoisotopic (exact) mass is 384 g/mol. The predicted octanol–water partition coefficient (Wildman–Crippen LogP) is 4.58. The third-order valence-electron chi connectivity index (χ3n) is 3.96. The van der Waals surface area contributed by atoms with E-state index in [4.69, 9.17) is 34.8 Å². The van der Waals surface area contributed by atoms with E-state index in [0.717, 1.165) is 5.56 Å². The normalized spacial score (nSPS) is 18.1. The first-order valence-electron chi connectivity index (χ1n) is 7.39. The number of carboxylic acid groups (broad SMARTS) is 1. The van der Waals surface area contributed by atoms with Crippen LogP contribution in [-0.4, -0.2) is 29.2 Å². The lowest BCUT2D eigenvalue weighted by atomic mass is 10.1. The Morgan fingerprint density at radius 2 is 1.83 bits per heavy atom. The minimum Gasteiger partial charge on any atom is -0.481 e. The fourth-order valence-electron chi connectivity index (χ4n) is 2.82. The van der Waals surface area contributed by atoms with Crippen molar-refractivity contribution in [3.05, 3.63) is 63.1 Å². The molecule has 1 heterocycles. The molecule has 0 aromatic heterocycles. The lowest BCUT2D eigenvalue weighted by molar-refractivity contribution is -0.140. The van der Waals surface area contributed by atoms with E-state index in [-0.39, 0.29) is 0 Å². The van der Waals surface area contributed by atoms with Crippen molar-refractivity contribution in [2.75, 3.05) is 18.1 Å².